The first-order chi connectivity index (χ1) is 51.0. The highest BCUT2D eigenvalue weighted by Crippen LogP contribution is 2.59. The Morgan fingerprint density at radius 1 is 0.269 bits per heavy atom. The minimum Gasteiger partial charge on any atom is -0.309 e. The van der Waals surface area contributed by atoms with Gasteiger partial charge in [-0.05, 0) is 189 Å². The van der Waals surface area contributed by atoms with Crippen molar-refractivity contribution in [2.24, 2.45) is 0 Å². The van der Waals surface area contributed by atoms with Crippen LogP contribution in [0.4, 0.5) is 34.1 Å². The molecule has 3 aromatic heterocycles. The van der Waals surface area contributed by atoms with Gasteiger partial charge in [0, 0.05) is 80.4 Å². The van der Waals surface area contributed by atoms with E-state index in [9.17, 15) is 0 Å². The monoisotopic (exact) mass is 1440 g/mol. The number of anilines is 6. The van der Waals surface area contributed by atoms with Gasteiger partial charge in [-0.1, -0.05) is 303 Å². The molecular weight excluding hydrogens is 1340 g/mol. The maximum Gasteiger partial charge on any atom is 0.264 e. The summed E-state index contributed by atoms with van der Waals surface area (Å²) in [6.07, 6.45) is 0. The number of hydrogen-bond acceptors (Lipinski definition) is 4. The number of rotatable bonds is 7. The Kier molecular flexibility index (Phi) is 16.4. The van der Waals surface area contributed by atoms with Crippen LogP contribution < -0.4 is 25.5 Å². The maximum absolute atomic E-state index is 2.84. The first-order valence-electron chi connectivity index (χ1n) is 39.1. The predicted octanol–water partition coefficient (Wildman–Crippen LogP) is 28.2. The lowest BCUT2D eigenvalue weighted by Gasteiger charge is -2.45. The van der Waals surface area contributed by atoms with Gasteiger partial charge in [0.2, 0.25) is 0 Å². The van der Waals surface area contributed by atoms with Crippen LogP contribution in [0.15, 0.2) is 237 Å². The third-order valence-corrected chi connectivity index (χ3v) is 25.9. The molecule has 0 saturated heterocycles. The number of hydrogen-bond donors (Lipinski definition) is 0. The first-order valence-corrected chi connectivity index (χ1v) is 40.7. The molecule has 17 rings (SSSR count). The molecule has 108 heavy (non-hydrogen) atoms. The number of nitrogens with zero attached hydrogens (tertiary/aromatic N) is 3. The molecule has 0 unspecified atom stereocenters. The van der Waals surface area contributed by atoms with Crippen LogP contribution in [0, 0.1) is 0 Å². The van der Waals surface area contributed by atoms with E-state index < -0.39 is 0 Å². The van der Waals surface area contributed by atoms with E-state index in [-0.39, 0.29) is 44.6 Å². The second kappa shape index (κ2) is 24.9. The zero-order valence-electron chi connectivity index (χ0n) is 67.3. The first kappa shape index (κ1) is 71.2. The summed E-state index contributed by atoms with van der Waals surface area (Å²) in [5, 5.41) is 6.27. The summed E-state index contributed by atoms with van der Waals surface area (Å²) < 4.78 is 7.71. The van der Waals surface area contributed by atoms with Crippen LogP contribution in [-0.4, -0.2) is 11.3 Å². The van der Waals surface area contributed by atoms with Crippen molar-refractivity contribution in [2.75, 3.05) is 9.80 Å². The van der Waals surface area contributed by atoms with Crippen LogP contribution >= 0.6 is 22.7 Å². The van der Waals surface area contributed by atoms with Gasteiger partial charge in [-0.2, -0.15) is 0 Å². The summed E-state index contributed by atoms with van der Waals surface area (Å²) in [5.41, 5.74) is 31.2. The second-order valence-electron chi connectivity index (χ2n) is 38.3. The highest BCUT2D eigenvalue weighted by molar-refractivity contribution is 7.34. The molecule has 5 heterocycles. The van der Waals surface area contributed by atoms with Gasteiger partial charge in [0.25, 0.3) is 6.71 Å². The second-order valence-corrected chi connectivity index (χ2v) is 40.4. The number of benzene rings is 12. The normalized spacial score (nSPS) is 13.7. The fourth-order valence-electron chi connectivity index (χ4n) is 17.1. The van der Waals surface area contributed by atoms with E-state index in [1.807, 2.05) is 22.7 Å². The average Bonchev–Trinajstić information content (AvgIpc) is 1.35. The van der Waals surface area contributed by atoms with Crippen LogP contribution in [0.1, 0.15) is 184 Å². The predicted molar refractivity (Wildman–Crippen MR) is 476 cm³/mol. The molecule has 12 aromatic carbocycles. The summed E-state index contributed by atoms with van der Waals surface area (Å²) in [6.45, 7) is 49.3. The highest BCUT2D eigenvalue weighted by atomic mass is 32.1. The molecule has 0 amide bonds. The molecule has 0 aliphatic carbocycles. The van der Waals surface area contributed by atoms with Crippen LogP contribution in [0.5, 0.6) is 0 Å². The van der Waals surface area contributed by atoms with Gasteiger partial charge >= 0.3 is 0 Å². The van der Waals surface area contributed by atoms with E-state index in [0.29, 0.717) is 0 Å². The van der Waals surface area contributed by atoms with Crippen molar-refractivity contribution in [3.8, 4) is 50.2 Å². The Hall–Kier alpha value is -9.72. The number of para-hydroxylation sites is 2. The standard InChI is InChI=1S/C102H102BN3S2/c1-96(2,3)65-42-34-61(35-43-65)76-55-70(101(16,17)18)56-77(62-36-44-66(45-37-62)97(4,5)6)90(76)105-85-52-51-72(104-83-31-25-22-28-73(83)74-29-23-26-32-84(74)104)59-82(85)103-89-86(60-80-75-30-24-27-33-87(75)107-94(80)93(89)105)106(92-81-54-69(100(13,14)15)50-53-88(81)108-95(92)103)91-78(63-38-46-67(47-39-63)98(7,8)9)57-71(102(19,20)21)58-79(91)64-40-48-68(49-41-64)99(10,11)12/h22-60H,1-21H3. The largest absolute Gasteiger partial charge is 0.309 e. The van der Waals surface area contributed by atoms with Crippen molar-refractivity contribution in [2.45, 2.75) is 183 Å². The van der Waals surface area contributed by atoms with Crippen molar-refractivity contribution in [3.05, 3.63) is 276 Å². The summed E-state index contributed by atoms with van der Waals surface area (Å²) in [7, 11) is 0. The Bertz CT molecular complexity index is 5910. The Balaban J connectivity index is 1.11. The molecule has 0 saturated carbocycles. The fourth-order valence-corrected chi connectivity index (χ4v) is 19.6. The van der Waals surface area contributed by atoms with E-state index in [2.05, 4.69) is 396 Å². The van der Waals surface area contributed by atoms with E-state index in [1.165, 1.54) is 185 Å². The number of thiophene rings is 2. The van der Waals surface area contributed by atoms with Crippen molar-refractivity contribution < 1.29 is 0 Å². The molecule has 2 aliphatic rings. The lowest BCUT2D eigenvalue weighted by Crippen LogP contribution is -2.60. The molecule has 0 radical (unpaired) electrons. The van der Waals surface area contributed by atoms with Gasteiger partial charge in [-0.25, -0.2) is 0 Å². The maximum atomic E-state index is 2.84. The van der Waals surface area contributed by atoms with Crippen molar-refractivity contribution in [1.82, 2.24) is 4.57 Å². The molecule has 0 fully saturated rings. The zero-order valence-corrected chi connectivity index (χ0v) is 68.9. The van der Waals surface area contributed by atoms with Gasteiger partial charge in [-0.3, -0.25) is 0 Å². The Morgan fingerprint density at radius 2 is 0.639 bits per heavy atom. The van der Waals surface area contributed by atoms with E-state index in [1.54, 1.807) is 0 Å². The smallest absolute Gasteiger partial charge is 0.264 e. The van der Waals surface area contributed by atoms with E-state index in [4.69, 9.17) is 0 Å². The molecular formula is C102H102BN3S2. The average molecular weight is 1440 g/mol. The molecule has 0 bridgehead atoms. The molecule has 0 atom stereocenters. The third kappa shape index (κ3) is 11.9. The quantitative estimate of drug-likeness (QED) is 0.147. The minimum atomic E-state index is -0.235. The van der Waals surface area contributed by atoms with Gasteiger partial charge in [0.05, 0.1) is 38.5 Å². The molecule has 6 heteroatoms. The summed E-state index contributed by atoms with van der Waals surface area (Å²) in [4.78, 5) is 5.66. The highest BCUT2D eigenvalue weighted by Gasteiger charge is 2.49. The van der Waals surface area contributed by atoms with E-state index >= 15 is 0 Å². The third-order valence-electron chi connectivity index (χ3n) is 23.5. The van der Waals surface area contributed by atoms with Crippen LogP contribution in [-0.2, 0) is 37.9 Å². The minimum absolute atomic E-state index is 0.0500. The number of fused-ring (bicyclic) bond motifs is 13. The zero-order chi connectivity index (χ0) is 76.0. The van der Waals surface area contributed by atoms with Crippen molar-refractivity contribution in [1.29, 1.82) is 0 Å². The molecule has 3 nitrogen and oxygen atoms in total. The summed E-state index contributed by atoms with van der Waals surface area (Å²) in [6, 6.07) is 93.9. The SMILES string of the molecule is CC(C)(C)c1ccc(-c2cc(C(C)(C)C)cc(-c3ccc(C(C)(C)C)cc3)c2N2c3cc4c(sc5ccccc54)c4c3B(c3cc(-n5c6ccccc6c6ccccc65)ccc3N4c3c(-c4ccc(C(C)(C)C)cc4)cc(C(C)(C)C)cc3-c3ccc(C(C)(C)C)cc3)c3sc4ccc(C(C)(C)C)cc4c32)cc1. The molecule has 0 spiro atoms. The Morgan fingerprint density at radius 3 is 1.06 bits per heavy atom. The van der Waals surface area contributed by atoms with Crippen molar-refractivity contribution in [3.63, 3.8) is 0 Å². The van der Waals surface area contributed by atoms with Crippen molar-refractivity contribution >= 4 is 131 Å². The number of aromatic nitrogens is 1. The lowest BCUT2D eigenvalue weighted by molar-refractivity contribution is 0.589. The summed E-state index contributed by atoms with van der Waals surface area (Å²) >= 11 is 3.96. The van der Waals surface area contributed by atoms with Gasteiger partial charge in [-0.15, -0.1) is 22.7 Å². The van der Waals surface area contributed by atoms with Crippen LogP contribution in [0.25, 0.3) is 102 Å². The van der Waals surface area contributed by atoms with Gasteiger partial charge in [0.1, 0.15) is 0 Å². The summed E-state index contributed by atoms with van der Waals surface area (Å²) in [5.74, 6) is 0. The molecule has 540 valence electrons. The lowest BCUT2D eigenvalue weighted by atomic mass is 9.36. The molecule has 0 N–H and O–H groups in total. The van der Waals surface area contributed by atoms with Gasteiger partial charge in [0.15, 0.2) is 0 Å². The Labute approximate surface area is 650 Å². The van der Waals surface area contributed by atoms with Gasteiger partial charge < -0.3 is 14.4 Å². The van der Waals surface area contributed by atoms with Crippen LogP contribution in [0.2, 0.25) is 0 Å². The van der Waals surface area contributed by atoms with E-state index in [0.717, 1.165) is 5.69 Å². The molecule has 15 aromatic rings. The van der Waals surface area contributed by atoms with Crippen LogP contribution in [0.3, 0.4) is 0 Å². The fraction of sp³-hybridized carbons (Fsp3) is 0.275. The molecule has 2 aliphatic heterocycles. The topological polar surface area (TPSA) is 11.4 Å².